The summed E-state index contributed by atoms with van der Waals surface area (Å²) >= 11 is 0. The lowest BCUT2D eigenvalue weighted by atomic mass is 10.3. The van der Waals surface area contributed by atoms with Crippen molar-refractivity contribution in [1.82, 2.24) is 9.78 Å². The summed E-state index contributed by atoms with van der Waals surface area (Å²) in [6.07, 6.45) is 3.45. The molecule has 1 amide bonds. The summed E-state index contributed by atoms with van der Waals surface area (Å²) in [6, 6.07) is 3.24. The van der Waals surface area contributed by atoms with E-state index in [1.54, 1.807) is 36.3 Å². The molecule has 0 unspecified atom stereocenters. The van der Waals surface area contributed by atoms with E-state index in [1.807, 2.05) is 0 Å². The van der Waals surface area contributed by atoms with E-state index < -0.39 is 5.91 Å². The van der Waals surface area contributed by atoms with Crippen LogP contribution in [0.1, 0.15) is 10.6 Å². The normalized spacial score (nSPS) is 10.4. The van der Waals surface area contributed by atoms with Crippen LogP contribution in [-0.2, 0) is 7.05 Å². The van der Waals surface area contributed by atoms with Gasteiger partial charge in [0.05, 0.1) is 11.8 Å². The summed E-state index contributed by atoms with van der Waals surface area (Å²) in [5, 5.41) is 3.99. The van der Waals surface area contributed by atoms with Crippen molar-refractivity contribution in [2.24, 2.45) is 12.8 Å². The fourth-order valence-electron chi connectivity index (χ4n) is 1.17. The number of aromatic nitrogens is 2. The maximum absolute atomic E-state index is 10.8. The van der Waals surface area contributed by atoms with Crippen LogP contribution in [0.3, 0.4) is 0 Å². The van der Waals surface area contributed by atoms with Crippen molar-refractivity contribution in [1.29, 1.82) is 0 Å². The van der Waals surface area contributed by atoms with Gasteiger partial charge in [0, 0.05) is 13.2 Å². The van der Waals surface area contributed by atoms with Crippen LogP contribution in [0.5, 0.6) is 0 Å². The lowest BCUT2D eigenvalue weighted by molar-refractivity contribution is 0.0975. The molecule has 5 heteroatoms. The van der Waals surface area contributed by atoms with Crippen LogP contribution < -0.4 is 5.73 Å². The molecule has 14 heavy (non-hydrogen) atoms. The van der Waals surface area contributed by atoms with Gasteiger partial charge in [-0.3, -0.25) is 9.48 Å². The Hall–Kier alpha value is -2.04. The largest absolute Gasteiger partial charge is 0.451 e. The third kappa shape index (κ3) is 1.39. The number of primary amides is 1. The minimum Gasteiger partial charge on any atom is -0.451 e. The zero-order valence-electron chi connectivity index (χ0n) is 7.60. The van der Waals surface area contributed by atoms with Gasteiger partial charge < -0.3 is 10.2 Å². The van der Waals surface area contributed by atoms with E-state index in [0.29, 0.717) is 5.76 Å². The molecule has 0 radical (unpaired) electrons. The Morgan fingerprint density at radius 3 is 2.86 bits per heavy atom. The second kappa shape index (κ2) is 3.02. The van der Waals surface area contributed by atoms with Gasteiger partial charge in [-0.05, 0) is 12.1 Å². The molecule has 0 aliphatic heterocycles. The number of hydrogen-bond acceptors (Lipinski definition) is 3. The number of carbonyl (C=O) groups excluding carboxylic acids is 1. The first-order valence-corrected chi connectivity index (χ1v) is 4.05. The lowest BCUT2D eigenvalue weighted by Crippen LogP contribution is -2.09. The third-order valence-electron chi connectivity index (χ3n) is 1.84. The minimum atomic E-state index is -0.569. The Labute approximate surface area is 80.1 Å². The molecule has 0 saturated carbocycles. The maximum Gasteiger partial charge on any atom is 0.284 e. The first kappa shape index (κ1) is 8.55. The van der Waals surface area contributed by atoms with Crippen molar-refractivity contribution in [2.75, 3.05) is 0 Å². The Balaban J connectivity index is 2.38. The molecule has 2 rings (SSSR count). The van der Waals surface area contributed by atoms with Crippen LogP contribution in [0, 0.1) is 0 Å². The van der Waals surface area contributed by atoms with Crippen LogP contribution in [0.25, 0.3) is 11.3 Å². The molecule has 0 saturated heterocycles. The highest BCUT2D eigenvalue weighted by Gasteiger charge is 2.09. The molecule has 0 aliphatic carbocycles. The molecule has 0 bridgehead atoms. The minimum absolute atomic E-state index is 0.156. The summed E-state index contributed by atoms with van der Waals surface area (Å²) in [6.45, 7) is 0. The first-order chi connectivity index (χ1) is 6.66. The average Bonchev–Trinajstić information content (AvgIpc) is 2.70. The fourth-order valence-corrected chi connectivity index (χ4v) is 1.17. The number of rotatable bonds is 2. The SMILES string of the molecule is Cn1cc(-c2ccc(C(N)=O)o2)cn1. The van der Waals surface area contributed by atoms with Gasteiger partial charge in [-0.25, -0.2) is 0 Å². The molecule has 2 N–H and O–H groups in total. The number of nitrogens with two attached hydrogens (primary N) is 1. The Morgan fingerprint density at radius 1 is 1.57 bits per heavy atom. The zero-order valence-corrected chi connectivity index (χ0v) is 7.60. The molecule has 0 aliphatic rings. The van der Waals surface area contributed by atoms with Crippen molar-refractivity contribution in [3.05, 3.63) is 30.3 Å². The van der Waals surface area contributed by atoms with Crippen LogP contribution in [0.15, 0.2) is 28.9 Å². The van der Waals surface area contributed by atoms with Crippen molar-refractivity contribution in [3.63, 3.8) is 0 Å². The summed E-state index contributed by atoms with van der Waals surface area (Å²) in [5.74, 6) is 0.177. The molecule has 0 aromatic carbocycles. The average molecular weight is 191 g/mol. The first-order valence-electron chi connectivity index (χ1n) is 4.05. The molecule has 2 aromatic rings. The Morgan fingerprint density at radius 2 is 2.36 bits per heavy atom. The number of furan rings is 1. The summed E-state index contributed by atoms with van der Waals surface area (Å²) < 4.78 is 6.87. The van der Waals surface area contributed by atoms with Gasteiger partial charge >= 0.3 is 0 Å². The standard InChI is InChI=1S/C9H9N3O2/c1-12-5-6(4-11-12)7-2-3-8(14-7)9(10)13/h2-5H,1H3,(H2,10,13). The predicted octanol–water partition coefficient (Wildman–Crippen LogP) is 0.779. The van der Waals surface area contributed by atoms with Gasteiger partial charge in [0.2, 0.25) is 0 Å². The zero-order chi connectivity index (χ0) is 10.1. The van der Waals surface area contributed by atoms with Crippen LogP contribution >= 0.6 is 0 Å². The van der Waals surface area contributed by atoms with E-state index in [9.17, 15) is 4.79 Å². The molecular formula is C9H9N3O2. The molecule has 72 valence electrons. The molecule has 0 spiro atoms. The maximum atomic E-state index is 10.8. The van der Waals surface area contributed by atoms with Crippen LogP contribution in [0.4, 0.5) is 0 Å². The smallest absolute Gasteiger partial charge is 0.284 e. The molecule has 0 atom stereocenters. The number of hydrogen-bond donors (Lipinski definition) is 1. The number of aryl methyl sites for hydroxylation is 1. The molecule has 2 aromatic heterocycles. The highest BCUT2D eigenvalue weighted by molar-refractivity contribution is 5.90. The molecule has 5 nitrogen and oxygen atoms in total. The Kier molecular flexibility index (Phi) is 1.85. The molecule has 2 heterocycles. The van der Waals surface area contributed by atoms with Crippen molar-refractivity contribution >= 4 is 5.91 Å². The highest BCUT2D eigenvalue weighted by atomic mass is 16.3. The van der Waals surface area contributed by atoms with E-state index in [1.165, 1.54) is 0 Å². The number of amides is 1. The second-order valence-corrected chi connectivity index (χ2v) is 2.93. The second-order valence-electron chi connectivity index (χ2n) is 2.93. The van der Waals surface area contributed by atoms with Crippen LogP contribution in [-0.4, -0.2) is 15.7 Å². The van der Waals surface area contributed by atoms with E-state index >= 15 is 0 Å². The van der Waals surface area contributed by atoms with Gasteiger partial charge in [0.15, 0.2) is 5.76 Å². The van der Waals surface area contributed by atoms with Crippen LogP contribution in [0.2, 0.25) is 0 Å². The van der Waals surface area contributed by atoms with Gasteiger partial charge in [-0.2, -0.15) is 5.10 Å². The van der Waals surface area contributed by atoms with E-state index in [-0.39, 0.29) is 5.76 Å². The van der Waals surface area contributed by atoms with Crippen molar-refractivity contribution in [2.45, 2.75) is 0 Å². The lowest BCUT2D eigenvalue weighted by Gasteiger charge is -1.89. The third-order valence-corrected chi connectivity index (χ3v) is 1.84. The quantitative estimate of drug-likeness (QED) is 0.762. The number of nitrogens with zero attached hydrogens (tertiary/aromatic N) is 2. The Bertz CT molecular complexity index is 470. The summed E-state index contributed by atoms with van der Waals surface area (Å²) in [4.78, 5) is 10.8. The monoisotopic (exact) mass is 191 g/mol. The van der Waals surface area contributed by atoms with Gasteiger partial charge in [0.25, 0.3) is 5.91 Å². The van der Waals surface area contributed by atoms with Gasteiger partial charge in [0.1, 0.15) is 5.76 Å². The van der Waals surface area contributed by atoms with Crippen molar-refractivity contribution in [3.8, 4) is 11.3 Å². The topological polar surface area (TPSA) is 74.0 Å². The predicted molar refractivity (Wildman–Crippen MR) is 49.4 cm³/mol. The van der Waals surface area contributed by atoms with Crippen molar-refractivity contribution < 1.29 is 9.21 Å². The summed E-state index contributed by atoms with van der Waals surface area (Å²) in [5.41, 5.74) is 5.88. The number of carbonyl (C=O) groups is 1. The van der Waals surface area contributed by atoms with Gasteiger partial charge in [-0.15, -0.1) is 0 Å². The fraction of sp³-hybridized carbons (Fsp3) is 0.111. The van der Waals surface area contributed by atoms with E-state index in [0.717, 1.165) is 5.56 Å². The molecular weight excluding hydrogens is 182 g/mol. The van der Waals surface area contributed by atoms with E-state index in [2.05, 4.69) is 5.10 Å². The summed E-state index contributed by atoms with van der Waals surface area (Å²) in [7, 11) is 1.81. The van der Waals surface area contributed by atoms with Gasteiger partial charge in [-0.1, -0.05) is 0 Å². The highest BCUT2D eigenvalue weighted by Crippen LogP contribution is 2.20. The van der Waals surface area contributed by atoms with E-state index in [4.69, 9.17) is 10.2 Å². The molecule has 0 fully saturated rings.